The maximum absolute atomic E-state index is 15.9. The van der Waals surface area contributed by atoms with Gasteiger partial charge in [-0.05, 0) is 50.6 Å². The smallest absolute Gasteiger partial charge is 0.220 e. The number of nitrogens with one attached hydrogen (secondary N) is 3. The van der Waals surface area contributed by atoms with Crippen LogP contribution in [0, 0.1) is 5.82 Å². The van der Waals surface area contributed by atoms with Crippen LogP contribution in [-0.2, 0) is 22.7 Å². The average Bonchev–Trinajstić information content (AvgIpc) is 3.55. The quantitative estimate of drug-likeness (QED) is 0.146. The minimum absolute atomic E-state index is 0.0718. The number of hydrogen-bond donors (Lipinski definition) is 3. The molecule has 6 rings (SSSR count). The van der Waals surface area contributed by atoms with Crippen molar-refractivity contribution >= 4 is 46.5 Å². The van der Waals surface area contributed by atoms with Crippen LogP contribution in [0.4, 0.5) is 15.9 Å². The van der Waals surface area contributed by atoms with E-state index in [0.717, 1.165) is 30.4 Å². The van der Waals surface area contributed by atoms with Crippen LogP contribution in [-0.4, -0.2) is 77.5 Å². The van der Waals surface area contributed by atoms with E-state index in [0.29, 0.717) is 83.0 Å². The largest absolute Gasteiger partial charge is 0.496 e. The van der Waals surface area contributed by atoms with Gasteiger partial charge in [-0.25, -0.2) is 9.37 Å². The van der Waals surface area contributed by atoms with Gasteiger partial charge in [0.1, 0.15) is 5.75 Å². The van der Waals surface area contributed by atoms with Crippen molar-refractivity contribution in [1.82, 2.24) is 30.4 Å². The first-order chi connectivity index (χ1) is 24.6. The topological polar surface area (TPSA) is 112 Å². The Kier molecular flexibility index (Phi) is 11.7. The van der Waals surface area contributed by atoms with Crippen molar-refractivity contribution in [2.75, 3.05) is 39.1 Å². The molecule has 2 aliphatic heterocycles. The molecule has 1 unspecified atom stereocenters. The highest BCUT2D eigenvalue weighted by Crippen LogP contribution is 2.42. The van der Waals surface area contributed by atoms with Gasteiger partial charge in [0, 0.05) is 98.4 Å². The highest BCUT2D eigenvalue weighted by molar-refractivity contribution is 6.39. The molecule has 51 heavy (non-hydrogen) atoms. The third-order valence-electron chi connectivity index (χ3n) is 9.70. The fraction of sp³-hybridized carbons (Fsp3) is 0.368. The van der Waals surface area contributed by atoms with Gasteiger partial charge in [0.25, 0.3) is 0 Å². The van der Waals surface area contributed by atoms with E-state index >= 15 is 4.39 Å². The Morgan fingerprint density at radius 3 is 2.53 bits per heavy atom. The molecule has 3 N–H and O–H groups in total. The summed E-state index contributed by atoms with van der Waals surface area (Å²) >= 11 is 14.0. The fourth-order valence-corrected chi connectivity index (χ4v) is 7.38. The molecule has 1 atom stereocenters. The first kappa shape index (κ1) is 36.5. The summed E-state index contributed by atoms with van der Waals surface area (Å²) in [5.41, 5.74) is 4.60. The van der Waals surface area contributed by atoms with E-state index in [1.165, 1.54) is 0 Å². The van der Waals surface area contributed by atoms with E-state index in [4.69, 9.17) is 27.9 Å². The molecule has 0 saturated carbocycles. The highest BCUT2D eigenvalue weighted by Gasteiger charge is 2.25. The maximum Gasteiger partial charge on any atom is 0.220 e. The Labute approximate surface area is 307 Å². The summed E-state index contributed by atoms with van der Waals surface area (Å²) in [5, 5.41) is 10.2. The number of anilines is 2. The van der Waals surface area contributed by atoms with Crippen molar-refractivity contribution < 1.29 is 18.7 Å². The fourth-order valence-electron chi connectivity index (χ4n) is 6.78. The summed E-state index contributed by atoms with van der Waals surface area (Å²) in [6, 6.07) is 15.1. The summed E-state index contributed by atoms with van der Waals surface area (Å²) < 4.78 is 21.6. The molecule has 0 aliphatic carbocycles. The number of ether oxygens (including phenoxy) is 1. The molecule has 0 spiro atoms. The normalized spacial score (nSPS) is 16.4. The molecule has 4 aromatic rings. The Balaban J connectivity index is 1.17. The van der Waals surface area contributed by atoms with Gasteiger partial charge in [0.05, 0.1) is 28.5 Å². The number of carbonyl (C=O) groups is 2. The van der Waals surface area contributed by atoms with Crippen molar-refractivity contribution in [2.45, 2.75) is 57.8 Å². The highest BCUT2D eigenvalue weighted by atomic mass is 35.5. The lowest BCUT2D eigenvalue weighted by Crippen LogP contribution is -2.44. The first-order valence-corrected chi connectivity index (χ1v) is 17.9. The Morgan fingerprint density at radius 2 is 1.80 bits per heavy atom. The average molecular weight is 735 g/mol. The number of benzene rings is 2. The zero-order valence-corrected chi connectivity index (χ0v) is 30.5. The van der Waals surface area contributed by atoms with Crippen molar-refractivity contribution in [3.63, 3.8) is 0 Å². The van der Waals surface area contributed by atoms with E-state index in [1.54, 1.807) is 44.6 Å². The molecule has 2 aromatic carbocycles. The van der Waals surface area contributed by atoms with Gasteiger partial charge in [-0.2, -0.15) is 0 Å². The molecular formula is C38H42Cl2FN7O3. The predicted molar refractivity (Wildman–Crippen MR) is 199 cm³/mol. The molecule has 13 heteroatoms. The molecule has 0 radical (unpaired) electrons. The number of halogens is 3. The van der Waals surface area contributed by atoms with E-state index < -0.39 is 5.82 Å². The monoisotopic (exact) mass is 733 g/mol. The predicted octanol–water partition coefficient (Wildman–Crippen LogP) is 6.82. The van der Waals surface area contributed by atoms with E-state index in [9.17, 15) is 9.59 Å². The van der Waals surface area contributed by atoms with Gasteiger partial charge in [-0.1, -0.05) is 47.5 Å². The molecule has 10 nitrogen and oxygen atoms in total. The number of hydrogen-bond acceptors (Lipinski definition) is 8. The maximum atomic E-state index is 15.9. The number of carbonyl (C=O) groups excluding carboxylic acids is 2. The molecule has 2 aromatic heterocycles. The van der Waals surface area contributed by atoms with Crippen LogP contribution < -0.4 is 20.7 Å². The summed E-state index contributed by atoms with van der Waals surface area (Å²) in [7, 11) is 3.60. The Morgan fingerprint density at radius 1 is 1.04 bits per heavy atom. The molecule has 268 valence electrons. The van der Waals surface area contributed by atoms with E-state index in [1.807, 2.05) is 42.3 Å². The summed E-state index contributed by atoms with van der Waals surface area (Å²) in [4.78, 5) is 36.1. The lowest BCUT2D eigenvalue weighted by Gasteiger charge is -2.36. The molecule has 0 bridgehead atoms. The molecule has 2 saturated heterocycles. The number of nitrogens with zero attached hydrogens (tertiary/aromatic N) is 4. The number of methoxy groups -OCH3 is 1. The van der Waals surface area contributed by atoms with Crippen LogP contribution >= 0.6 is 23.2 Å². The standard InChI is InChI=1S/C38H42Cl2FN7O3/c1-23(49)48-17-13-28(14-18-48)47(2)22-26-11-15-44-38(36(26)41)46-31-6-4-5-29(34(31)39)30-12-16-43-37(35(30)40)24-7-8-25(32(19-24)51-3)20-42-21-27-9-10-33(50)45-27/h4-8,11-12,15-16,19,27-28,42H,9-10,13-14,17-18,20-22H2,1-3H3,(H,44,46)(H,45,50). The Bertz CT molecular complexity index is 1900. The second-order valence-corrected chi connectivity index (χ2v) is 13.8. The van der Waals surface area contributed by atoms with Gasteiger partial charge >= 0.3 is 0 Å². The SMILES string of the molecule is COc1cc(-c2nccc(-c3cccc(Nc4nccc(CN(C)C5CCN(C(C)=O)CC5)c4F)c3Cl)c2Cl)ccc1CNCC1CCC(=O)N1. The van der Waals surface area contributed by atoms with Gasteiger partial charge in [0.2, 0.25) is 11.8 Å². The minimum Gasteiger partial charge on any atom is -0.496 e. The number of aromatic nitrogens is 2. The minimum atomic E-state index is -0.450. The first-order valence-electron chi connectivity index (χ1n) is 17.1. The van der Waals surface area contributed by atoms with Crippen LogP contribution in [0.2, 0.25) is 10.0 Å². The third-order valence-corrected chi connectivity index (χ3v) is 10.5. The van der Waals surface area contributed by atoms with Crippen molar-refractivity contribution in [1.29, 1.82) is 0 Å². The number of piperidine rings is 1. The Hall–Kier alpha value is -4.29. The number of amides is 2. The van der Waals surface area contributed by atoms with E-state index in [2.05, 4.69) is 30.8 Å². The van der Waals surface area contributed by atoms with Crippen LogP contribution in [0.5, 0.6) is 5.75 Å². The zero-order chi connectivity index (χ0) is 36.1. The summed E-state index contributed by atoms with van der Waals surface area (Å²) in [6.07, 6.45) is 6.34. The number of pyridine rings is 2. The van der Waals surface area contributed by atoms with Gasteiger partial charge < -0.3 is 25.6 Å². The summed E-state index contributed by atoms with van der Waals surface area (Å²) in [5.74, 6) is 0.488. The second-order valence-electron chi connectivity index (χ2n) is 13.1. The zero-order valence-electron chi connectivity index (χ0n) is 28.9. The number of rotatable bonds is 12. The lowest BCUT2D eigenvalue weighted by atomic mass is 10.0. The molecule has 2 amide bonds. The van der Waals surface area contributed by atoms with Crippen LogP contribution in [0.3, 0.4) is 0 Å². The van der Waals surface area contributed by atoms with Crippen LogP contribution in [0.1, 0.15) is 43.7 Å². The molecule has 2 fully saturated rings. The van der Waals surface area contributed by atoms with Crippen molar-refractivity contribution in [2.24, 2.45) is 0 Å². The molecular weight excluding hydrogens is 692 g/mol. The van der Waals surface area contributed by atoms with Crippen LogP contribution in [0.25, 0.3) is 22.4 Å². The van der Waals surface area contributed by atoms with Gasteiger partial charge in [0.15, 0.2) is 11.6 Å². The molecule has 2 aliphatic rings. The second kappa shape index (κ2) is 16.4. The van der Waals surface area contributed by atoms with Crippen molar-refractivity contribution in [3.05, 3.63) is 87.9 Å². The van der Waals surface area contributed by atoms with Crippen molar-refractivity contribution in [3.8, 4) is 28.1 Å². The lowest BCUT2D eigenvalue weighted by molar-refractivity contribution is -0.130. The molecule has 4 heterocycles. The van der Waals surface area contributed by atoms with Crippen LogP contribution in [0.15, 0.2) is 60.9 Å². The number of likely N-dealkylation sites (tertiary alicyclic amines) is 1. The summed E-state index contributed by atoms with van der Waals surface area (Å²) in [6.45, 7) is 4.65. The van der Waals surface area contributed by atoms with Gasteiger partial charge in [-0.15, -0.1) is 0 Å². The third kappa shape index (κ3) is 8.44. The van der Waals surface area contributed by atoms with E-state index in [-0.39, 0.29) is 29.7 Å². The van der Waals surface area contributed by atoms with Gasteiger partial charge in [-0.3, -0.25) is 19.5 Å².